The summed E-state index contributed by atoms with van der Waals surface area (Å²) in [6.07, 6.45) is 1.67. The molecule has 0 spiro atoms. The number of benzene rings is 1. The number of amides is 1. The largest absolute Gasteiger partial charge is 0.358 e. The van der Waals surface area contributed by atoms with Gasteiger partial charge in [-0.3, -0.25) is 4.79 Å². The van der Waals surface area contributed by atoms with Crippen LogP contribution in [-0.4, -0.2) is 28.9 Å². The fraction of sp³-hybridized carbons (Fsp3) is 0.333. The van der Waals surface area contributed by atoms with E-state index in [-0.39, 0.29) is 12.3 Å². The molecule has 1 amide bonds. The molecule has 1 aromatic carbocycles. The maximum Gasteiger partial charge on any atom is 0.236 e. The van der Waals surface area contributed by atoms with E-state index in [0.717, 1.165) is 12.8 Å². The SMILES string of the molecule is N#CCC(=O)N1CCc2[nH]c3ccccc3c2CC1. The van der Waals surface area contributed by atoms with Crippen molar-refractivity contribution in [3.8, 4) is 6.07 Å². The van der Waals surface area contributed by atoms with Crippen molar-refractivity contribution in [2.45, 2.75) is 19.3 Å². The van der Waals surface area contributed by atoms with Gasteiger partial charge in [0.15, 0.2) is 0 Å². The molecule has 4 heteroatoms. The lowest BCUT2D eigenvalue weighted by Crippen LogP contribution is -2.32. The molecule has 0 atom stereocenters. The Morgan fingerprint density at radius 2 is 2.11 bits per heavy atom. The standard InChI is InChI=1S/C15H15N3O/c16-8-5-15(19)18-9-6-12-11-3-1-2-4-13(11)17-14(12)7-10-18/h1-4,17H,5-7,9-10H2. The van der Waals surface area contributed by atoms with Gasteiger partial charge in [-0.2, -0.15) is 5.26 Å². The highest BCUT2D eigenvalue weighted by molar-refractivity contribution is 5.85. The molecule has 0 unspecified atom stereocenters. The minimum atomic E-state index is -0.0584. The zero-order chi connectivity index (χ0) is 13.2. The zero-order valence-corrected chi connectivity index (χ0v) is 10.6. The predicted molar refractivity (Wildman–Crippen MR) is 72.5 cm³/mol. The van der Waals surface area contributed by atoms with E-state index in [1.165, 1.54) is 22.2 Å². The van der Waals surface area contributed by atoms with Crippen molar-refractivity contribution in [3.63, 3.8) is 0 Å². The van der Waals surface area contributed by atoms with E-state index in [1.54, 1.807) is 4.90 Å². The Hall–Kier alpha value is -2.28. The van der Waals surface area contributed by atoms with Crippen LogP contribution in [0.3, 0.4) is 0 Å². The number of para-hydroxylation sites is 1. The van der Waals surface area contributed by atoms with Crippen LogP contribution in [0.25, 0.3) is 10.9 Å². The zero-order valence-electron chi connectivity index (χ0n) is 10.6. The summed E-state index contributed by atoms with van der Waals surface area (Å²) in [6, 6.07) is 10.2. The summed E-state index contributed by atoms with van der Waals surface area (Å²) in [5, 5.41) is 9.87. The number of nitrogens with one attached hydrogen (secondary N) is 1. The first kappa shape index (κ1) is 11.8. The second-order valence-electron chi connectivity index (χ2n) is 4.84. The van der Waals surface area contributed by atoms with Crippen LogP contribution in [0.4, 0.5) is 0 Å². The fourth-order valence-corrected chi connectivity index (χ4v) is 2.79. The molecule has 0 aliphatic carbocycles. The Morgan fingerprint density at radius 1 is 1.32 bits per heavy atom. The second kappa shape index (κ2) is 4.77. The Balaban J connectivity index is 1.87. The van der Waals surface area contributed by atoms with Gasteiger partial charge >= 0.3 is 0 Å². The third-order valence-corrected chi connectivity index (χ3v) is 3.75. The third kappa shape index (κ3) is 2.08. The highest BCUT2D eigenvalue weighted by Gasteiger charge is 2.20. The van der Waals surface area contributed by atoms with Crippen LogP contribution < -0.4 is 0 Å². The number of carbonyl (C=O) groups excluding carboxylic acids is 1. The van der Waals surface area contributed by atoms with Crippen LogP contribution in [-0.2, 0) is 17.6 Å². The number of aromatic amines is 1. The predicted octanol–water partition coefficient (Wildman–Crippen LogP) is 2.01. The Bertz CT molecular complexity index is 666. The Morgan fingerprint density at radius 3 is 2.95 bits per heavy atom. The van der Waals surface area contributed by atoms with Gasteiger partial charge in [-0.15, -0.1) is 0 Å². The number of nitrogens with zero attached hydrogens (tertiary/aromatic N) is 2. The van der Waals surface area contributed by atoms with Crippen LogP contribution in [0.2, 0.25) is 0 Å². The minimum absolute atomic E-state index is 0.0192. The molecular weight excluding hydrogens is 238 g/mol. The number of hydrogen-bond donors (Lipinski definition) is 1. The van der Waals surface area contributed by atoms with Crippen molar-refractivity contribution in [3.05, 3.63) is 35.5 Å². The van der Waals surface area contributed by atoms with E-state index < -0.39 is 0 Å². The minimum Gasteiger partial charge on any atom is -0.358 e. The van der Waals surface area contributed by atoms with Crippen molar-refractivity contribution >= 4 is 16.8 Å². The van der Waals surface area contributed by atoms with Crippen LogP contribution in [0.5, 0.6) is 0 Å². The van der Waals surface area contributed by atoms with E-state index in [0.29, 0.717) is 13.1 Å². The summed E-state index contributed by atoms with van der Waals surface area (Å²) in [5.74, 6) is -0.0584. The average Bonchev–Trinajstić information content (AvgIpc) is 2.63. The molecule has 0 saturated heterocycles. The lowest BCUT2D eigenvalue weighted by molar-refractivity contribution is -0.130. The molecular formula is C15H15N3O. The molecule has 0 bridgehead atoms. The van der Waals surface area contributed by atoms with Gasteiger partial charge in [0.25, 0.3) is 0 Å². The van der Waals surface area contributed by atoms with Crippen molar-refractivity contribution in [2.24, 2.45) is 0 Å². The number of carbonyl (C=O) groups is 1. The molecule has 0 fully saturated rings. The third-order valence-electron chi connectivity index (χ3n) is 3.75. The average molecular weight is 253 g/mol. The van der Waals surface area contributed by atoms with Crippen molar-refractivity contribution < 1.29 is 4.79 Å². The summed E-state index contributed by atoms with van der Waals surface area (Å²) in [6.45, 7) is 1.40. The number of hydrogen-bond acceptors (Lipinski definition) is 2. The first-order valence-corrected chi connectivity index (χ1v) is 6.53. The summed E-state index contributed by atoms with van der Waals surface area (Å²) in [4.78, 5) is 17.0. The van der Waals surface area contributed by atoms with Gasteiger partial charge in [0.05, 0.1) is 6.07 Å². The van der Waals surface area contributed by atoms with Gasteiger partial charge in [-0.1, -0.05) is 18.2 Å². The van der Waals surface area contributed by atoms with E-state index >= 15 is 0 Å². The Kier molecular flexibility index (Phi) is 2.96. The van der Waals surface area contributed by atoms with Gasteiger partial charge in [-0.05, 0) is 18.1 Å². The van der Waals surface area contributed by atoms with Crippen molar-refractivity contribution in [1.82, 2.24) is 9.88 Å². The molecule has 4 nitrogen and oxygen atoms in total. The molecule has 96 valence electrons. The fourth-order valence-electron chi connectivity index (χ4n) is 2.79. The monoisotopic (exact) mass is 253 g/mol. The van der Waals surface area contributed by atoms with Crippen LogP contribution >= 0.6 is 0 Å². The molecule has 2 heterocycles. The van der Waals surface area contributed by atoms with Gasteiger partial charge in [0.1, 0.15) is 6.42 Å². The molecule has 19 heavy (non-hydrogen) atoms. The highest BCUT2D eigenvalue weighted by atomic mass is 16.2. The van der Waals surface area contributed by atoms with Gasteiger partial charge in [0, 0.05) is 36.1 Å². The lowest BCUT2D eigenvalue weighted by atomic mass is 10.1. The first-order valence-electron chi connectivity index (χ1n) is 6.53. The summed E-state index contributed by atoms with van der Waals surface area (Å²) in [5.41, 5.74) is 3.72. The molecule has 0 saturated carbocycles. The molecule has 1 N–H and O–H groups in total. The smallest absolute Gasteiger partial charge is 0.236 e. The molecule has 3 rings (SSSR count). The van der Waals surface area contributed by atoms with E-state index in [4.69, 9.17) is 5.26 Å². The van der Waals surface area contributed by atoms with Gasteiger partial charge < -0.3 is 9.88 Å². The van der Waals surface area contributed by atoms with Crippen LogP contribution in [0.15, 0.2) is 24.3 Å². The first-order chi connectivity index (χ1) is 9.29. The maximum absolute atomic E-state index is 11.8. The quantitative estimate of drug-likeness (QED) is 0.845. The summed E-state index contributed by atoms with van der Waals surface area (Å²) >= 11 is 0. The summed E-state index contributed by atoms with van der Waals surface area (Å²) in [7, 11) is 0. The maximum atomic E-state index is 11.8. The number of aromatic nitrogens is 1. The number of nitriles is 1. The molecule has 1 aliphatic heterocycles. The number of H-pyrrole nitrogens is 1. The van der Waals surface area contributed by atoms with Crippen molar-refractivity contribution in [1.29, 1.82) is 5.26 Å². The van der Waals surface area contributed by atoms with Gasteiger partial charge in [-0.25, -0.2) is 0 Å². The summed E-state index contributed by atoms with van der Waals surface area (Å²) < 4.78 is 0. The van der Waals surface area contributed by atoms with E-state index in [1.807, 2.05) is 18.2 Å². The number of fused-ring (bicyclic) bond motifs is 3. The van der Waals surface area contributed by atoms with Gasteiger partial charge in [0.2, 0.25) is 5.91 Å². The highest BCUT2D eigenvalue weighted by Crippen LogP contribution is 2.25. The molecule has 0 radical (unpaired) electrons. The Labute approximate surface area is 111 Å². The van der Waals surface area contributed by atoms with Crippen LogP contribution in [0.1, 0.15) is 17.7 Å². The lowest BCUT2D eigenvalue weighted by Gasteiger charge is -2.18. The topological polar surface area (TPSA) is 59.9 Å². The normalized spacial score (nSPS) is 14.8. The molecule has 2 aromatic rings. The molecule has 1 aliphatic rings. The molecule has 1 aromatic heterocycles. The van der Waals surface area contributed by atoms with Crippen LogP contribution in [0, 0.1) is 11.3 Å². The number of rotatable bonds is 1. The van der Waals surface area contributed by atoms with Crippen molar-refractivity contribution in [2.75, 3.05) is 13.1 Å². The van der Waals surface area contributed by atoms with E-state index in [2.05, 4.69) is 17.1 Å². The van der Waals surface area contributed by atoms with E-state index in [9.17, 15) is 4.79 Å². The second-order valence-corrected chi connectivity index (χ2v) is 4.84.